The number of Topliss-reactive ketones (excluding diaryl/α,β-unsaturated/α-hetero) is 1. The molecule has 4 heteroatoms. The summed E-state index contributed by atoms with van der Waals surface area (Å²) < 4.78 is 0. The van der Waals surface area contributed by atoms with Crippen LogP contribution in [0.2, 0.25) is 0 Å². The van der Waals surface area contributed by atoms with Crippen LogP contribution in [0.4, 0.5) is 10.5 Å². The van der Waals surface area contributed by atoms with Crippen LogP contribution in [0.15, 0.2) is 18.2 Å². The van der Waals surface area contributed by atoms with Crippen LogP contribution in [0.25, 0.3) is 0 Å². The Hall–Kier alpha value is -1.84. The molecule has 0 atom stereocenters. The van der Waals surface area contributed by atoms with Crippen LogP contribution >= 0.6 is 0 Å². The van der Waals surface area contributed by atoms with Gasteiger partial charge in [0.15, 0.2) is 5.78 Å². The lowest BCUT2D eigenvalue weighted by Crippen LogP contribution is -2.35. The number of hydrogen-bond acceptors (Lipinski definition) is 2. The summed E-state index contributed by atoms with van der Waals surface area (Å²) in [6.45, 7) is 2.10. The smallest absolute Gasteiger partial charge is 0.321 e. The molecule has 1 aliphatic heterocycles. The molecule has 0 aliphatic carbocycles. The second-order valence-electron chi connectivity index (χ2n) is 3.71. The third-order valence-electron chi connectivity index (χ3n) is 2.51. The summed E-state index contributed by atoms with van der Waals surface area (Å²) in [6, 6.07) is 5.25. The van der Waals surface area contributed by atoms with E-state index in [1.807, 2.05) is 6.07 Å². The molecule has 78 valence electrons. The van der Waals surface area contributed by atoms with Crippen molar-refractivity contribution in [1.29, 1.82) is 0 Å². The van der Waals surface area contributed by atoms with Crippen molar-refractivity contribution in [3.8, 4) is 0 Å². The maximum Gasteiger partial charge on any atom is 0.321 e. The predicted octanol–water partition coefficient (Wildman–Crippen LogP) is 1.87. The molecule has 1 N–H and O–H groups in total. The molecular weight excluding hydrogens is 192 g/mol. The fourth-order valence-corrected chi connectivity index (χ4v) is 1.59. The molecule has 1 aromatic carbocycles. The quantitative estimate of drug-likeness (QED) is 0.710. The molecule has 1 heterocycles. The number of ketones is 1. The predicted molar refractivity (Wildman–Crippen MR) is 56.9 cm³/mol. The van der Waals surface area contributed by atoms with E-state index < -0.39 is 0 Å². The van der Waals surface area contributed by atoms with Crippen molar-refractivity contribution >= 4 is 17.5 Å². The van der Waals surface area contributed by atoms with Crippen LogP contribution in [0, 0.1) is 0 Å². The molecule has 4 nitrogen and oxygen atoms in total. The molecule has 15 heavy (non-hydrogen) atoms. The average molecular weight is 204 g/mol. The third-order valence-corrected chi connectivity index (χ3v) is 2.51. The van der Waals surface area contributed by atoms with Gasteiger partial charge in [-0.1, -0.05) is 12.1 Å². The first-order valence-electron chi connectivity index (χ1n) is 4.74. The molecular formula is C11H12N2O2. The van der Waals surface area contributed by atoms with Gasteiger partial charge in [-0.05, 0) is 18.6 Å². The SMILES string of the molecule is CC(=O)c1ccc2c(c1)NC(=O)N(C)C2. The lowest BCUT2D eigenvalue weighted by Gasteiger charge is -2.26. The Morgan fingerprint density at radius 2 is 2.20 bits per heavy atom. The van der Waals surface area contributed by atoms with Crippen molar-refractivity contribution in [2.24, 2.45) is 0 Å². The van der Waals surface area contributed by atoms with Crippen LogP contribution in [-0.4, -0.2) is 23.8 Å². The number of carbonyl (C=O) groups is 2. The van der Waals surface area contributed by atoms with E-state index in [9.17, 15) is 9.59 Å². The highest BCUT2D eigenvalue weighted by atomic mass is 16.2. The lowest BCUT2D eigenvalue weighted by molar-refractivity contribution is 0.101. The van der Waals surface area contributed by atoms with Gasteiger partial charge < -0.3 is 10.2 Å². The normalized spacial score (nSPS) is 14.5. The summed E-state index contributed by atoms with van der Waals surface area (Å²) in [5, 5.41) is 2.74. The van der Waals surface area contributed by atoms with Gasteiger partial charge in [-0.2, -0.15) is 0 Å². The summed E-state index contributed by atoms with van der Waals surface area (Å²) in [6.07, 6.45) is 0. The highest BCUT2D eigenvalue weighted by Crippen LogP contribution is 2.23. The largest absolute Gasteiger partial charge is 0.323 e. The maximum absolute atomic E-state index is 11.4. The molecule has 0 aromatic heterocycles. The van der Waals surface area contributed by atoms with Gasteiger partial charge in [0, 0.05) is 24.8 Å². The molecule has 0 radical (unpaired) electrons. The summed E-state index contributed by atoms with van der Waals surface area (Å²) in [7, 11) is 1.73. The average Bonchev–Trinajstić information content (AvgIpc) is 2.19. The van der Waals surface area contributed by atoms with Gasteiger partial charge in [0.1, 0.15) is 0 Å². The van der Waals surface area contributed by atoms with Gasteiger partial charge in [-0.25, -0.2) is 4.79 Å². The number of benzene rings is 1. The van der Waals surface area contributed by atoms with E-state index in [0.717, 1.165) is 11.3 Å². The van der Waals surface area contributed by atoms with Crippen LogP contribution in [0.1, 0.15) is 22.8 Å². The van der Waals surface area contributed by atoms with E-state index in [2.05, 4.69) is 5.32 Å². The lowest BCUT2D eigenvalue weighted by atomic mass is 10.0. The monoisotopic (exact) mass is 204 g/mol. The van der Waals surface area contributed by atoms with E-state index in [0.29, 0.717) is 12.1 Å². The zero-order chi connectivity index (χ0) is 11.0. The van der Waals surface area contributed by atoms with Gasteiger partial charge >= 0.3 is 6.03 Å². The van der Waals surface area contributed by atoms with E-state index in [4.69, 9.17) is 0 Å². The number of rotatable bonds is 1. The van der Waals surface area contributed by atoms with Crippen molar-refractivity contribution in [2.45, 2.75) is 13.5 Å². The minimum Gasteiger partial charge on any atom is -0.323 e. The van der Waals surface area contributed by atoms with Gasteiger partial charge in [0.2, 0.25) is 0 Å². The number of amides is 2. The van der Waals surface area contributed by atoms with E-state index in [1.165, 1.54) is 6.92 Å². The summed E-state index contributed by atoms with van der Waals surface area (Å²) in [5.74, 6) is 0.00553. The summed E-state index contributed by atoms with van der Waals surface area (Å²) in [5.41, 5.74) is 2.39. The van der Waals surface area contributed by atoms with Crippen molar-refractivity contribution < 1.29 is 9.59 Å². The van der Waals surface area contributed by atoms with Gasteiger partial charge in [-0.3, -0.25) is 4.79 Å². The summed E-state index contributed by atoms with van der Waals surface area (Å²) in [4.78, 5) is 24.1. The van der Waals surface area contributed by atoms with Crippen LogP contribution in [0.5, 0.6) is 0 Å². The molecule has 0 fully saturated rings. The Labute approximate surface area is 87.9 Å². The summed E-state index contributed by atoms with van der Waals surface area (Å²) >= 11 is 0. The van der Waals surface area contributed by atoms with Crippen LogP contribution in [-0.2, 0) is 6.54 Å². The Morgan fingerprint density at radius 1 is 1.47 bits per heavy atom. The highest BCUT2D eigenvalue weighted by Gasteiger charge is 2.19. The van der Waals surface area contributed by atoms with E-state index in [-0.39, 0.29) is 11.8 Å². The number of urea groups is 1. The minimum atomic E-state index is -0.136. The van der Waals surface area contributed by atoms with Crippen molar-refractivity contribution in [1.82, 2.24) is 4.90 Å². The number of nitrogens with zero attached hydrogens (tertiary/aromatic N) is 1. The Balaban J connectivity index is 2.41. The molecule has 1 aromatic rings. The standard InChI is InChI=1S/C11H12N2O2/c1-7(14)8-3-4-9-6-13(2)11(15)12-10(9)5-8/h3-5H,6H2,1-2H3,(H,12,15). The zero-order valence-electron chi connectivity index (χ0n) is 8.70. The molecule has 1 aliphatic rings. The molecule has 0 bridgehead atoms. The van der Waals surface area contributed by atoms with Gasteiger partial charge in [0.05, 0.1) is 0 Å². The number of nitrogens with one attached hydrogen (secondary N) is 1. The molecule has 0 saturated carbocycles. The van der Waals surface area contributed by atoms with E-state index in [1.54, 1.807) is 24.1 Å². The van der Waals surface area contributed by atoms with Crippen molar-refractivity contribution in [2.75, 3.05) is 12.4 Å². The van der Waals surface area contributed by atoms with E-state index >= 15 is 0 Å². The van der Waals surface area contributed by atoms with Crippen molar-refractivity contribution in [3.63, 3.8) is 0 Å². The second kappa shape index (κ2) is 3.38. The minimum absolute atomic E-state index is 0.00553. The molecule has 0 unspecified atom stereocenters. The molecule has 2 amide bonds. The van der Waals surface area contributed by atoms with Gasteiger partial charge in [-0.15, -0.1) is 0 Å². The molecule has 0 saturated heterocycles. The zero-order valence-corrected chi connectivity index (χ0v) is 8.70. The second-order valence-corrected chi connectivity index (χ2v) is 3.71. The van der Waals surface area contributed by atoms with Crippen LogP contribution < -0.4 is 5.32 Å². The third kappa shape index (κ3) is 1.70. The molecule has 0 spiro atoms. The Kier molecular flexibility index (Phi) is 2.19. The fourth-order valence-electron chi connectivity index (χ4n) is 1.59. The number of carbonyl (C=O) groups excluding carboxylic acids is 2. The van der Waals surface area contributed by atoms with Crippen molar-refractivity contribution in [3.05, 3.63) is 29.3 Å². The first-order chi connectivity index (χ1) is 7.08. The first-order valence-corrected chi connectivity index (χ1v) is 4.74. The maximum atomic E-state index is 11.4. The Morgan fingerprint density at radius 3 is 2.87 bits per heavy atom. The van der Waals surface area contributed by atoms with Crippen LogP contribution in [0.3, 0.4) is 0 Å². The number of hydrogen-bond donors (Lipinski definition) is 1. The van der Waals surface area contributed by atoms with Gasteiger partial charge in [0.25, 0.3) is 0 Å². The number of fused-ring (bicyclic) bond motifs is 1. The fraction of sp³-hybridized carbons (Fsp3) is 0.273. The number of anilines is 1. The Bertz CT molecular complexity index is 440. The first kappa shape index (κ1) is 9.71. The molecule has 2 rings (SSSR count). The topological polar surface area (TPSA) is 49.4 Å². The highest BCUT2D eigenvalue weighted by molar-refractivity contribution is 5.98.